The van der Waals surface area contributed by atoms with Gasteiger partial charge in [0.2, 0.25) is 0 Å². The Kier molecular flexibility index (Phi) is 10.2. The molecule has 0 saturated carbocycles. The summed E-state index contributed by atoms with van der Waals surface area (Å²) in [4.78, 5) is 43.0. The quantitative estimate of drug-likeness (QED) is 0.153. The fourth-order valence-corrected chi connectivity index (χ4v) is 7.45. The zero-order valence-electron chi connectivity index (χ0n) is 28.1. The molecule has 1 atom stereocenters. The number of furan rings is 1. The van der Waals surface area contributed by atoms with Crippen LogP contribution in [0.25, 0.3) is 17.3 Å². The molecule has 51 heavy (non-hydrogen) atoms. The maximum atomic E-state index is 14.2. The molecule has 2 aromatic carbocycles. The van der Waals surface area contributed by atoms with E-state index in [2.05, 4.69) is 9.97 Å². The Morgan fingerprint density at radius 2 is 1.78 bits per heavy atom. The molecule has 0 saturated heterocycles. The van der Waals surface area contributed by atoms with Crippen molar-refractivity contribution in [1.82, 2.24) is 19.4 Å². The Labute approximate surface area is 298 Å². The highest BCUT2D eigenvalue weighted by Crippen LogP contribution is 2.38. The van der Waals surface area contributed by atoms with Gasteiger partial charge in [-0.15, -0.1) is 0 Å². The summed E-state index contributed by atoms with van der Waals surface area (Å²) >= 11 is 1.94. The number of benzene rings is 2. The molecule has 0 fully saturated rings. The van der Waals surface area contributed by atoms with Crippen LogP contribution in [0.2, 0.25) is 0 Å². The molecular weight excluding hydrogens is 704 g/mol. The van der Waals surface area contributed by atoms with Crippen molar-refractivity contribution < 1.29 is 31.9 Å². The van der Waals surface area contributed by atoms with Crippen molar-refractivity contribution in [2.45, 2.75) is 43.2 Å². The second kappa shape index (κ2) is 14.6. The van der Waals surface area contributed by atoms with Gasteiger partial charge in [-0.1, -0.05) is 41.7 Å². The molecule has 0 N–H and O–H groups in total. The van der Waals surface area contributed by atoms with Crippen molar-refractivity contribution in [3.8, 4) is 22.8 Å². The number of thiazole rings is 1. The average molecular weight is 736 g/mol. The van der Waals surface area contributed by atoms with Gasteiger partial charge in [0.15, 0.2) is 15.1 Å². The number of carbonyl (C=O) groups excluding carboxylic acids is 1. The molecule has 0 spiro atoms. The molecule has 4 heterocycles. The van der Waals surface area contributed by atoms with Gasteiger partial charge < -0.3 is 18.8 Å². The molecule has 0 unspecified atom stereocenters. The van der Waals surface area contributed by atoms with Gasteiger partial charge in [0.1, 0.15) is 29.0 Å². The van der Waals surface area contributed by atoms with E-state index in [1.807, 2.05) is 13.8 Å². The van der Waals surface area contributed by atoms with Gasteiger partial charge in [0.05, 0.1) is 35.7 Å². The summed E-state index contributed by atoms with van der Waals surface area (Å²) in [5.74, 6) is 0.974. The first-order chi connectivity index (χ1) is 24.4. The molecule has 1 aliphatic heterocycles. The molecule has 0 radical (unpaired) electrons. The summed E-state index contributed by atoms with van der Waals surface area (Å²) in [6, 6.07) is 16.9. The molecule has 1 aliphatic rings. The Balaban J connectivity index is 1.42. The molecule has 10 nitrogen and oxygen atoms in total. The number of allylic oxidation sites excluding steroid dienone is 1. The normalized spacial score (nSPS) is 14.7. The largest absolute Gasteiger partial charge is 0.497 e. The van der Waals surface area contributed by atoms with E-state index in [4.69, 9.17) is 18.9 Å². The van der Waals surface area contributed by atoms with Crippen molar-refractivity contribution in [3.63, 3.8) is 0 Å². The van der Waals surface area contributed by atoms with E-state index in [0.717, 1.165) is 29.2 Å². The molecule has 6 rings (SSSR count). The van der Waals surface area contributed by atoms with E-state index in [9.17, 15) is 22.8 Å². The number of nitrogens with zero attached hydrogens (tertiary/aromatic N) is 5. The third kappa shape index (κ3) is 7.21. The van der Waals surface area contributed by atoms with Gasteiger partial charge in [-0.05, 0) is 68.9 Å². The first-order valence-electron chi connectivity index (χ1n) is 15.8. The molecular formula is C36H32F3N5O5S2. The maximum Gasteiger partial charge on any atom is 0.433 e. The Morgan fingerprint density at radius 1 is 1.04 bits per heavy atom. The number of rotatable bonds is 10. The van der Waals surface area contributed by atoms with Crippen LogP contribution in [0.1, 0.15) is 43.8 Å². The van der Waals surface area contributed by atoms with E-state index in [1.54, 1.807) is 72.5 Å². The monoisotopic (exact) mass is 735 g/mol. The molecule has 0 bridgehead atoms. The number of alkyl halides is 3. The SMILES string of the molecule is CCN(CC)C(=O)C1=C(C)N=c2s/c(=C\c3ccc(Sc4nc(-c5ccccc5)cc(C(F)(F)F)n4)o3)c(=O)n2[C@H]1c1cc(OC)ccc1OC. The first kappa shape index (κ1) is 35.7. The van der Waals surface area contributed by atoms with E-state index < -0.39 is 23.5 Å². The molecule has 15 heteroatoms. The molecule has 0 aliphatic carbocycles. The highest BCUT2D eigenvalue weighted by atomic mass is 32.2. The number of hydrogen-bond acceptors (Lipinski definition) is 10. The Hall–Kier alpha value is -5.15. The third-order valence-corrected chi connectivity index (χ3v) is 9.94. The van der Waals surface area contributed by atoms with Gasteiger partial charge >= 0.3 is 6.18 Å². The van der Waals surface area contributed by atoms with Crippen molar-refractivity contribution >= 4 is 35.1 Å². The van der Waals surface area contributed by atoms with Gasteiger partial charge in [0.25, 0.3) is 11.5 Å². The topological polar surface area (TPSA) is 112 Å². The van der Waals surface area contributed by atoms with Crippen molar-refractivity contribution in [1.29, 1.82) is 0 Å². The van der Waals surface area contributed by atoms with Crippen LogP contribution in [-0.4, -0.2) is 52.7 Å². The second-order valence-electron chi connectivity index (χ2n) is 11.2. The minimum atomic E-state index is -4.69. The number of aromatic nitrogens is 3. The van der Waals surface area contributed by atoms with E-state index >= 15 is 0 Å². The fraction of sp³-hybridized carbons (Fsp3) is 0.250. The number of likely N-dealkylation sites (N-methyl/N-ethyl adjacent to an activating group) is 1. The van der Waals surface area contributed by atoms with Crippen LogP contribution in [0, 0.1) is 0 Å². The highest BCUT2D eigenvalue weighted by molar-refractivity contribution is 7.99. The predicted octanol–water partition coefficient (Wildman–Crippen LogP) is 6.34. The minimum absolute atomic E-state index is 0.115. The van der Waals surface area contributed by atoms with E-state index in [-0.39, 0.29) is 32.1 Å². The number of ether oxygens (including phenoxy) is 2. The molecule has 5 aromatic rings. The van der Waals surface area contributed by atoms with Gasteiger partial charge in [0, 0.05) is 30.3 Å². The fourth-order valence-electron chi connectivity index (χ4n) is 5.68. The van der Waals surface area contributed by atoms with Crippen molar-refractivity contribution in [2.75, 3.05) is 27.3 Å². The van der Waals surface area contributed by atoms with Gasteiger partial charge in [-0.3, -0.25) is 14.2 Å². The summed E-state index contributed by atoms with van der Waals surface area (Å²) in [6.45, 7) is 6.41. The number of methoxy groups -OCH3 is 2. The number of amides is 1. The van der Waals surface area contributed by atoms with Crippen molar-refractivity contribution in [2.24, 2.45) is 4.99 Å². The van der Waals surface area contributed by atoms with Gasteiger partial charge in [-0.2, -0.15) is 13.2 Å². The Bertz CT molecular complexity index is 2310. The van der Waals surface area contributed by atoms with Crippen LogP contribution < -0.4 is 24.4 Å². The van der Waals surface area contributed by atoms with Crippen molar-refractivity contribution in [3.05, 3.63) is 115 Å². The zero-order chi connectivity index (χ0) is 36.4. The summed E-state index contributed by atoms with van der Waals surface area (Å²) in [6.07, 6.45) is -3.16. The van der Waals surface area contributed by atoms with Gasteiger partial charge in [-0.25, -0.2) is 15.0 Å². The van der Waals surface area contributed by atoms with E-state index in [1.165, 1.54) is 24.9 Å². The lowest BCUT2D eigenvalue weighted by Gasteiger charge is -2.30. The van der Waals surface area contributed by atoms with Crippen LogP contribution in [-0.2, 0) is 11.0 Å². The summed E-state index contributed by atoms with van der Waals surface area (Å²) in [5, 5.41) is 0.0615. The number of carbonyl (C=O) groups is 1. The van der Waals surface area contributed by atoms with Crippen LogP contribution in [0.3, 0.4) is 0 Å². The van der Waals surface area contributed by atoms with E-state index in [0.29, 0.717) is 51.8 Å². The summed E-state index contributed by atoms with van der Waals surface area (Å²) < 4.78 is 60.2. The second-order valence-corrected chi connectivity index (χ2v) is 13.2. The molecule has 1 amide bonds. The number of halogens is 3. The first-order valence-corrected chi connectivity index (χ1v) is 17.4. The van der Waals surface area contributed by atoms with Crippen LogP contribution in [0.5, 0.6) is 11.5 Å². The lowest BCUT2D eigenvalue weighted by atomic mass is 9.93. The summed E-state index contributed by atoms with van der Waals surface area (Å²) in [7, 11) is 3.04. The standard InChI is InChI=1S/C36H32F3N5O5S2/c1-6-43(7-2)33(46)30-20(3)40-35-44(31(30)24-17-22(47-4)13-15-26(24)48-5)32(45)27(50-35)18-23-14-16-29(49-23)51-34-41-25(21-11-9-8-10-12-21)19-28(42-34)36(37,38)39/h8-19,31H,6-7H2,1-5H3/b27-18-/t31-/m0/s1. The molecule has 3 aromatic heterocycles. The minimum Gasteiger partial charge on any atom is -0.497 e. The number of fused-ring (bicyclic) bond motifs is 1. The van der Waals surface area contributed by atoms with Crippen LogP contribution in [0.15, 0.2) is 102 Å². The zero-order valence-corrected chi connectivity index (χ0v) is 29.8. The summed E-state index contributed by atoms with van der Waals surface area (Å²) in [5.41, 5.74) is 0.448. The smallest absolute Gasteiger partial charge is 0.433 e. The van der Waals surface area contributed by atoms with Crippen LogP contribution in [0.4, 0.5) is 13.2 Å². The lowest BCUT2D eigenvalue weighted by Crippen LogP contribution is -2.43. The number of hydrogen-bond donors (Lipinski definition) is 0. The Morgan fingerprint density at radius 3 is 2.45 bits per heavy atom. The third-order valence-electron chi connectivity index (χ3n) is 8.17. The maximum absolute atomic E-state index is 14.2. The lowest BCUT2D eigenvalue weighted by molar-refractivity contribution is -0.141. The predicted molar refractivity (Wildman–Crippen MR) is 187 cm³/mol. The highest BCUT2D eigenvalue weighted by Gasteiger charge is 2.36. The van der Waals surface area contributed by atoms with Crippen LogP contribution >= 0.6 is 23.1 Å². The molecule has 264 valence electrons. The average Bonchev–Trinajstić information content (AvgIpc) is 3.69.